The molecule has 1 amide bonds. The van der Waals surface area contributed by atoms with Gasteiger partial charge in [-0.1, -0.05) is 18.2 Å². The third kappa shape index (κ3) is 10.2. The number of halogens is 3. The normalized spacial score (nSPS) is 16.6. The smallest absolute Gasteiger partial charge is 0.410 e. The van der Waals surface area contributed by atoms with Crippen LogP contribution >= 0.6 is 0 Å². The second-order valence-corrected chi connectivity index (χ2v) is 18.3. The van der Waals surface area contributed by atoms with Gasteiger partial charge < -0.3 is 25.0 Å². The molecular weight excluding hydrogens is 814 g/mol. The molecule has 19 heteroatoms. The number of rotatable bonds is 13. The predicted molar refractivity (Wildman–Crippen MR) is 227 cm³/mol. The number of nitrogen functional groups attached to an aromatic ring is 1. The summed E-state index contributed by atoms with van der Waals surface area (Å²) in [4.78, 5) is 23.7. The maximum absolute atomic E-state index is 13.6. The fraction of sp³-hybridized carbons (Fsp3) is 0.476. The molecule has 5 heterocycles. The topological polar surface area (TPSA) is 166 Å². The molecule has 0 bridgehead atoms. The van der Waals surface area contributed by atoms with E-state index in [1.807, 2.05) is 36.4 Å². The van der Waals surface area contributed by atoms with Crippen LogP contribution in [0.25, 0.3) is 33.3 Å². The number of pyridine rings is 1. The summed E-state index contributed by atoms with van der Waals surface area (Å²) in [6, 6.07) is 10.1. The average molecular weight is 867 g/mol. The zero-order valence-electron chi connectivity index (χ0n) is 35.0. The molecular formula is C42H53F3N10O5S. The highest BCUT2D eigenvalue weighted by atomic mass is 32.2. The largest absolute Gasteiger partial charge is 0.484 e. The number of nitrogens with one attached hydrogen (secondary N) is 1. The highest BCUT2D eigenvalue weighted by Crippen LogP contribution is 2.40. The first-order valence-corrected chi connectivity index (χ1v) is 21.9. The van der Waals surface area contributed by atoms with Gasteiger partial charge in [0.1, 0.15) is 34.8 Å². The number of nitrogens with two attached hydrogens (primary N) is 1. The summed E-state index contributed by atoms with van der Waals surface area (Å²) in [5.74, 6) is -3.98. The molecule has 1 unspecified atom stereocenters. The van der Waals surface area contributed by atoms with Crippen LogP contribution in [0.1, 0.15) is 64.7 Å². The fourth-order valence-electron chi connectivity index (χ4n) is 7.87. The zero-order valence-corrected chi connectivity index (χ0v) is 35.8. The minimum Gasteiger partial charge on any atom is -0.484 e. The van der Waals surface area contributed by atoms with Crippen molar-refractivity contribution >= 4 is 38.5 Å². The van der Waals surface area contributed by atoms with Crippen molar-refractivity contribution in [2.24, 2.45) is 7.05 Å². The Bertz CT molecular complexity index is 2440. The molecule has 15 nitrogen and oxygen atoms in total. The molecule has 0 spiro atoms. The van der Waals surface area contributed by atoms with Crippen molar-refractivity contribution < 1.29 is 35.9 Å². The Morgan fingerprint density at radius 3 is 2.30 bits per heavy atom. The first-order valence-electron chi connectivity index (χ1n) is 20.4. The lowest BCUT2D eigenvalue weighted by molar-refractivity contribution is 0.0142. The molecule has 61 heavy (non-hydrogen) atoms. The SMILES string of the molecule is CC(Oc1cc(-c2nn(C)c3c(-c4cnn(C5CCN(CCCN6CCN(C(=O)OC(C)(C)C)CC6)CC5)c4)cnc(N)c23)ccc1NS(=O)(=O)C(F)F)c1ccc(F)cc1. The number of benzene rings is 2. The van der Waals surface area contributed by atoms with Gasteiger partial charge in [0.2, 0.25) is 0 Å². The maximum Gasteiger partial charge on any atom is 0.410 e. The molecule has 3 N–H and O–H groups in total. The number of ether oxygens (including phenoxy) is 2. The summed E-state index contributed by atoms with van der Waals surface area (Å²) in [5.41, 5.74) is 9.51. The Hall–Kier alpha value is -5.40. The van der Waals surface area contributed by atoms with Crippen LogP contribution in [0.3, 0.4) is 0 Å². The standard InChI is InChI=1S/C42H53F3N10O5S/c1-27(28-7-10-31(43)11-8-28)59-35-23-29(9-12-34(35)50-61(57,58)40(44)45)37-36-38(51(5)49-37)33(25-47-39(36)46)30-24-48-55(26-30)32-13-17-52(18-14-32)15-6-16-53-19-21-54(22-20-53)41(56)60-42(2,3)4/h7-12,23-27,32,40,50H,6,13-22H2,1-5H3,(H2,46,47). The Morgan fingerprint density at radius 2 is 1.64 bits per heavy atom. The number of fused-ring (bicyclic) bond motifs is 1. The van der Waals surface area contributed by atoms with Gasteiger partial charge in [-0.05, 0) is 89.9 Å². The van der Waals surface area contributed by atoms with E-state index in [1.54, 1.807) is 35.9 Å². The lowest BCUT2D eigenvalue weighted by Crippen LogP contribution is -2.50. The lowest BCUT2D eigenvalue weighted by atomic mass is 10.0. The van der Waals surface area contributed by atoms with E-state index in [9.17, 15) is 26.4 Å². The van der Waals surface area contributed by atoms with Crippen molar-refractivity contribution in [1.29, 1.82) is 0 Å². The zero-order chi connectivity index (χ0) is 43.6. The van der Waals surface area contributed by atoms with Gasteiger partial charge in [-0.3, -0.25) is 19.0 Å². The number of carbonyl (C=O) groups excluding carboxylic acids is 1. The van der Waals surface area contributed by atoms with Gasteiger partial charge in [-0.2, -0.15) is 19.0 Å². The Labute approximate surface area is 353 Å². The first kappa shape index (κ1) is 43.7. The molecule has 2 aliphatic heterocycles. The third-order valence-corrected chi connectivity index (χ3v) is 12.1. The number of piperidine rings is 1. The van der Waals surface area contributed by atoms with E-state index in [2.05, 4.69) is 14.8 Å². The van der Waals surface area contributed by atoms with Gasteiger partial charge in [-0.15, -0.1) is 0 Å². The van der Waals surface area contributed by atoms with Crippen LogP contribution in [0.5, 0.6) is 5.75 Å². The number of anilines is 2. The summed E-state index contributed by atoms with van der Waals surface area (Å²) in [6.07, 6.45) is 7.51. The van der Waals surface area contributed by atoms with Crippen LogP contribution in [-0.2, 0) is 21.8 Å². The molecule has 7 rings (SSSR count). The van der Waals surface area contributed by atoms with Crippen LogP contribution in [0.2, 0.25) is 0 Å². The molecule has 328 valence electrons. The first-order chi connectivity index (χ1) is 29.0. The number of sulfonamides is 1. The molecule has 2 aromatic carbocycles. The number of aryl methyl sites for hydroxylation is 1. The number of carbonyl (C=O) groups is 1. The van der Waals surface area contributed by atoms with Crippen molar-refractivity contribution in [2.75, 3.05) is 62.8 Å². The lowest BCUT2D eigenvalue weighted by Gasteiger charge is -2.36. The minimum atomic E-state index is -5.04. The Balaban J connectivity index is 1.03. The van der Waals surface area contributed by atoms with E-state index in [0.717, 1.165) is 69.7 Å². The van der Waals surface area contributed by atoms with E-state index >= 15 is 0 Å². The van der Waals surface area contributed by atoms with E-state index in [4.69, 9.17) is 25.4 Å². The van der Waals surface area contributed by atoms with Gasteiger partial charge >= 0.3 is 11.9 Å². The van der Waals surface area contributed by atoms with Gasteiger partial charge in [0, 0.05) is 75.4 Å². The minimum absolute atomic E-state index is 0.0532. The van der Waals surface area contributed by atoms with Crippen LogP contribution in [-0.4, -0.2) is 117 Å². The summed E-state index contributed by atoms with van der Waals surface area (Å²) < 4.78 is 82.2. The Kier molecular flexibility index (Phi) is 12.8. The summed E-state index contributed by atoms with van der Waals surface area (Å²) in [5, 5.41) is 10.1. The second kappa shape index (κ2) is 17.9. The quantitative estimate of drug-likeness (QED) is 0.126. The molecule has 1 atom stereocenters. The number of likely N-dealkylation sites (tertiary alicyclic amines) is 1. The van der Waals surface area contributed by atoms with Crippen molar-refractivity contribution in [2.45, 2.75) is 70.5 Å². The molecule has 5 aromatic rings. The summed E-state index contributed by atoms with van der Waals surface area (Å²) in [7, 11) is -3.27. The number of alkyl halides is 2. The number of hydrogen-bond acceptors (Lipinski definition) is 11. The van der Waals surface area contributed by atoms with Crippen molar-refractivity contribution in [3.05, 3.63) is 72.4 Å². The maximum atomic E-state index is 13.6. The summed E-state index contributed by atoms with van der Waals surface area (Å²) >= 11 is 0. The third-order valence-electron chi connectivity index (χ3n) is 11.1. The average Bonchev–Trinajstić information content (AvgIpc) is 3.85. The Morgan fingerprint density at radius 1 is 0.967 bits per heavy atom. The second-order valence-electron chi connectivity index (χ2n) is 16.6. The van der Waals surface area contributed by atoms with Gasteiger partial charge in [-0.25, -0.2) is 22.6 Å². The highest BCUT2D eigenvalue weighted by molar-refractivity contribution is 7.93. The number of piperazine rings is 1. The monoisotopic (exact) mass is 866 g/mol. The molecule has 0 saturated carbocycles. The molecule has 0 aliphatic carbocycles. The molecule has 2 saturated heterocycles. The van der Waals surface area contributed by atoms with Crippen molar-refractivity contribution in [1.82, 2.24) is 39.2 Å². The van der Waals surface area contributed by atoms with E-state index in [-0.39, 0.29) is 29.4 Å². The summed E-state index contributed by atoms with van der Waals surface area (Å²) in [6.45, 7) is 14.3. The van der Waals surface area contributed by atoms with Crippen molar-refractivity contribution in [3.63, 3.8) is 0 Å². The van der Waals surface area contributed by atoms with Gasteiger partial charge in [0.05, 0.1) is 28.8 Å². The van der Waals surface area contributed by atoms with E-state index in [1.165, 1.54) is 42.5 Å². The van der Waals surface area contributed by atoms with E-state index < -0.39 is 33.3 Å². The van der Waals surface area contributed by atoms with Crippen LogP contribution in [0.15, 0.2) is 61.1 Å². The number of nitrogens with zero attached hydrogens (tertiary/aromatic N) is 8. The molecule has 2 fully saturated rings. The molecule has 0 radical (unpaired) electrons. The van der Waals surface area contributed by atoms with Crippen molar-refractivity contribution in [3.8, 4) is 28.1 Å². The highest BCUT2D eigenvalue weighted by Gasteiger charge is 2.29. The predicted octanol–water partition coefficient (Wildman–Crippen LogP) is 6.90. The van der Waals surface area contributed by atoms with Gasteiger partial charge in [0.25, 0.3) is 10.0 Å². The number of hydrogen-bond donors (Lipinski definition) is 2. The van der Waals surface area contributed by atoms with Gasteiger partial charge in [0.15, 0.2) is 0 Å². The number of aromatic nitrogens is 5. The molecule has 2 aliphatic rings. The van der Waals surface area contributed by atoms with E-state index in [0.29, 0.717) is 40.8 Å². The van der Waals surface area contributed by atoms with Crippen LogP contribution in [0, 0.1) is 5.82 Å². The number of amides is 1. The molecule has 3 aromatic heterocycles. The van der Waals surface area contributed by atoms with Crippen LogP contribution in [0.4, 0.5) is 29.5 Å². The van der Waals surface area contributed by atoms with Crippen LogP contribution < -0.4 is 15.2 Å². The fourth-order valence-corrected chi connectivity index (χ4v) is 8.44.